The summed E-state index contributed by atoms with van der Waals surface area (Å²) < 4.78 is 0. The van der Waals surface area contributed by atoms with Crippen LogP contribution in [0, 0.1) is 19.8 Å². The molecular formula is C21H22N2O. The zero-order chi connectivity index (χ0) is 16.7. The number of nitrogens with one attached hydrogen (secondary N) is 2. The highest BCUT2D eigenvalue weighted by molar-refractivity contribution is 5.94. The number of hydrogen-bond acceptors (Lipinski definition) is 1. The molecule has 0 radical (unpaired) electrons. The van der Waals surface area contributed by atoms with Gasteiger partial charge in [-0.3, -0.25) is 4.79 Å². The van der Waals surface area contributed by atoms with Gasteiger partial charge in [-0.25, -0.2) is 0 Å². The van der Waals surface area contributed by atoms with Gasteiger partial charge in [-0.15, -0.1) is 0 Å². The van der Waals surface area contributed by atoms with Crippen LogP contribution in [0.15, 0.2) is 42.5 Å². The van der Waals surface area contributed by atoms with Crippen LogP contribution in [0.25, 0.3) is 10.9 Å². The van der Waals surface area contributed by atoms with E-state index in [1.165, 1.54) is 33.3 Å². The first-order valence-electron chi connectivity index (χ1n) is 8.58. The molecule has 24 heavy (non-hydrogen) atoms. The smallest absolute Gasteiger partial charge is 0.227 e. The molecule has 1 aliphatic rings. The second-order valence-electron chi connectivity index (χ2n) is 6.93. The number of fused-ring (bicyclic) bond motifs is 3. The van der Waals surface area contributed by atoms with Crippen LogP contribution in [0.3, 0.4) is 0 Å². The Kier molecular flexibility index (Phi) is 3.64. The number of anilines is 1. The Labute approximate surface area is 142 Å². The number of aryl methyl sites for hydroxylation is 3. The lowest BCUT2D eigenvalue weighted by atomic mass is 9.85. The Bertz CT molecular complexity index is 902. The predicted molar refractivity (Wildman–Crippen MR) is 98.4 cm³/mol. The van der Waals surface area contributed by atoms with E-state index in [0.717, 1.165) is 24.9 Å². The normalized spacial score (nSPS) is 16.8. The lowest BCUT2D eigenvalue weighted by molar-refractivity contribution is -0.120. The minimum absolute atomic E-state index is 0.0394. The van der Waals surface area contributed by atoms with E-state index >= 15 is 0 Å². The summed E-state index contributed by atoms with van der Waals surface area (Å²) in [5.74, 6) is 0.174. The van der Waals surface area contributed by atoms with Crippen LogP contribution in [0.4, 0.5) is 5.69 Å². The van der Waals surface area contributed by atoms with Gasteiger partial charge in [-0.2, -0.15) is 0 Å². The minimum atomic E-state index is 0.0394. The maximum Gasteiger partial charge on any atom is 0.227 e. The highest BCUT2D eigenvalue weighted by Crippen LogP contribution is 2.32. The summed E-state index contributed by atoms with van der Waals surface area (Å²) in [7, 11) is 0. The standard InChI is InChI=1S/C21H22N2O/c1-13-9-14(2)11-16(10-13)22-21(24)15-7-8-20-18(12-15)17-5-3-4-6-19(17)23-20/h3-6,9-11,15,23H,7-8,12H2,1-2H3,(H,22,24). The molecule has 0 spiro atoms. The van der Waals surface area contributed by atoms with Gasteiger partial charge in [0.1, 0.15) is 0 Å². The summed E-state index contributed by atoms with van der Waals surface area (Å²) in [5, 5.41) is 4.38. The van der Waals surface area contributed by atoms with Gasteiger partial charge >= 0.3 is 0 Å². The summed E-state index contributed by atoms with van der Waals surface area (Å²) >= 11 is 0. The monoisotopic (exact) mass is 318 g/mol. The van der Waals surface area contributed by atoms with Crippen molar-refractivity contribution in [2.24, 2.45) is 5.92 Å². The highest BCUT2D eigenvalue weighted by atomic mass is 16.1. The summed E-state index contributed by atoms with van der Waals surface area (Å²) in [5.41, 5.74) is 7.05. The van der Waals surface area contributed by atoms with Crippen molar-refractivity contribution < 1.29 is 4.79 Å². The zero-order valence-corrected chi connectivity index (χ0v) is 14.1. The number of rotatable bonds is 2. The largest absolute Gasteiger partial charge is 0.358 e. The van der Waals surface area contributed by atoms with E-state index in [0.29, 0.717) is 0 Å². The lowest BCUT2D eigenvalue weighted by Gasteiger charge is -2.22. The van der Waals surface area contributed by atoms with Gasteiger partial charge in [0, 0.05) is 28.2 Å². The Morgan fingerprint density at radius 2 is 1.88 bits per heavy atom. The van der Waals surface area contributed by atoms with Crippen molar-refractivity contribution in [3.8, 4) is 0 Å². The third-order valence-electron chi connectivity index (χ3n) is 4.96. The van der Waals surface area contributed by atoms with Gasteiger partial charge in [0.2, 0.25) is 5.91 Å². The van der Waals surface area contributed by atoms with Gasteiger partial charge in [-0.1, -0.05) is 24.3 Å². The van der Waals surface area contributed by atoms with E-state index in [1.54, 1.807) is 0 Å². The number of aromatic amines is 1. The molecule has 4 rings (SSSR count). The molecule has 0 saturated heterocycles. The number of carbonyl (C=O) groups is 1. The van der Waals surface area contributed by atoms with Crippen molar-refractivity contribution in [1.82, 2.24) is 4.98 Å². The van der Waals surface area contributed by atoms with E-state index in [9.17, 15) is 4.79 Å². The van der Waals surface area contributed by atoms with Crippen LogP contribution in [-0.2, 0) is 17.6 Å². The van der Waals surface area contributed by atoms with E-state index in [4.69, 9.17) is 0 Å². The Balaban J connectivity index is 1.56. The van der Waals surface area contributed by atoms with Crippen molar-refractivity contribution in [2.45, 2.75) is 33.1 Å². The number of H-pyrrole nitrogens is 1. The molecule has 1 amide bonds. The molecule has 1 unspecified atom stereocenters. The van der Waals surface area contributed by atoms with Crippen LogP contribution in [0.5, 0.6) is 0 Å². The van der Waals surface area contributed by atoms with Crippen LogP contribution in [0.1, 0.15) is 28.8 Å². The second kappa shape index (κ2) is 5.82. The fourth-order valence-corrected chi connectivity index (χ4v) is 3.88. The van der Waals surface area contributed by atoms with E-state index in [1.807, 2.05) is 12.1 Å². The van der Waals surface area contributed by atoms with Crippen molar-refractivity contribution in [2.75, 3.05) is 5.32 Å². The first-order valence-corrected chi connectivity index (χ1v) is 8.58. The SMILES string of the molecule is Cc1cc(C)cc(NC(=O)C2CCc3[nH]c4ccccc4c3C2)c1. The maximum atomic E-state index is 12.7. The molecule has 1 aliphatic carbocycles. The van der Waals surface area contributed by atoms with E-state index in [-0.39, 0.29) is 11.8 Å². The highest BCUT2D eigenvalue weighted by Gasteiger charge is 2.27. The molecule has 0 bridgehead atoms. The minimum Gasteiger partial charge on any atom is -0.358 e. The molecule has 1 atom stereocenters. The van der Waals surface area contributed by atoms with E-state index < -0.39 is 0 Å². The van der Waals surface area contributed by atoms with Crippen molar-refractivity contribution in [3.05, 3.63) is 64.8 Å². The summed E-state index contributed by atoms with van der Waals surface area (Å²) in [4.78, 5) is 16.2. The van der Waals surface area contributed by atoms with Gasteiger partial charge < -0.3 is 10.3 Å². The molecule has 0 aliphatic heterocycles. The Morgan fingerprint density at radius 1 is 1.12 bits per heavy atom. The molecule has 2 aromatic carbocycles. The Morgan fingerprint density at radius 3 is 2.67 bits per heavy atom. The maximum absolute atomic E-state index is 12.7. The molecule has 3 aromatic rings. The fourth-order valence-electron chi connectivity index (χ4n) is 3.88. The van der Waals surface area contributed by atoms with Gasteiger partial charge in [0.15, 0.2) is 0 Å². The van der Waals surface area contributed by atoms with Crippen molar-refractivity contribution in [3.63, 3.8) is 0 Å². The molecule has 2 N–H and O–H groups in total. The third-order valence-corrected chi connectivity index (χ3v) is 4.96. The first-order chi connectivity index (χ1) is 11.6. The number of para-hydroxylation sites is 1. The summed E-state index contributed by atoms with van der Waals surface area (Å²) in [6.45, 7) is 4.11. The predicted octanol–water partition coefficient (Wildman–Crippen LogP) is 4.53. The molecule has 1 heterocycles. The van der Waals surface area contributed by atoms with Crippen molar-refractivity contribution >= 4 is 22.5 Å². The average molecular weight is 318 g/mol. The van der Waals surface area contributed by atoms with Crippen molar-refractivity contribution in [1.29, 1.82) is 0 Å². The Hall–Kier alpha value is -2.55. The summed E-state index contributed by atoms with van der Waals surface area (Å²) in [6, 6.07) is 14.6. The van der Waals surface area contributed by atoms with Gasteiger partial charge in [-0.05, 0) is 68.0 Å². The number of hydrogen-bond donors (Lipinski definition) is 2. The fraction of sp³-hybridized carbons (Fsp3) is 0.286. The van der Waals surface area contributed by atoms with Gasteiger partial charge in [0.25, 0.3) is 0 Å². The van der Waals surface area contributed by atoms with Crippen LogP contribution >= 0.6 is 0 Å². The number of aromatic nitrogens is 1. The molecule has 122 valence electrons. The number of benzene rings is 2. The third kappa shape index (κ3) is 2.71. The molecule has 1 aromatic heterocycles. The average Bonchev–Trinajstić information content (AvgIpc) is 2.91. The molecule has 3 nitrogen and oxygen atoms in total. The number of amides is 1. The topological polar surface area (TPSA) is 44.9 Å². The number of carbonyl (C=O) groups excluding carboxylic acids is 1. The van der Waals surface area contributed by atoms with Crippen LogP contribution in [0.2, 0.25) is 0 Å². The molecule has 0 saturated carbocycles. The van der Waals surface area contributed by atoms with Crippen LogP contribution < -0.4 is 5.32 Å². The first kappa shape index (κ1) is 15.0. The molecule has 3 heteroatoms. The molecule has 0 fully saturated rings. The lowest BCUT2D eigenvalue weighted by Crippen LogP contribution is -2.28. The van der Waals surface area contributed by atoms with E-state index in [2.05, 4.69) is 54.5 Å². The van der Waals surface area contributed by atoms with Gasteiger partial charge in [0.05, 0.1) is 0 Å². The molecular weight excluding hydrogens is 296 g/mol. The quantitative estimate of drug-likeness (QED) is 0.716. The second-order valence-corrected chi connectivity index (χ2v) is 6.93. The van der Waals surface area contributed by atoms with Crippen LogP contribution in [-0.4, -0.2) is 10.9 Å². The zero-order valence-electron chi connectivity index (χ0n) is 14.1. The summed E-state index contributed by atoms with van der Waals surface area (Å²) in [6.07, 6.45) is 2.65.